The quantitative estimate of drug-likeness (QED) is 0.777. The number of rotatable bonds is 4. The highest BCUT2D eigenvalue weighted by atomic mass is 16.2. The molecule has 1 atom stereocenters. The molecule has 2 fully saturated rings. The SMILES string of the molecule is CC1CCCCN1C(=O)CN1CCN(CCN)CC1. The Hall–Kier alpha value is -0.650. The normalized spacial score (nSPS) is 26.6. The first-order chi connectivity index (χ1) is 9.20. The maximum atomic E-state index is 12.3. The second kappa shape index (κ2) is 7.22. The minimum absolute atomic E-state index is 0.319. The number of hydrogen-bond acceptors (Lipinski definition) is 4. The zero-order valence-electron chi connectivity index (χ0n) is 12.2. The minimum atomic E-state index is 0.319. The topological polar surface area (TPSA) is 52.8 Å². The number of nitrogens with zero attached hydrogens (tertiary/aromatic N) is 3. The molecule has 2 rings (SSSR count). The van der Waals surface area contributed by atoms with Crippen LogP contribution < -0.4 is 5.73 Å². The fourth-order valence-corrected chi connectivity index (χ4v) is 3.10. The molecule has 2 saturated heterocycles. The summed E-state index contributed by atoms with van der Waals surface area (Å²) < 4.78 is 0. The van der Waals surface area contributed by atoms with Gasteiger partial charge < -0.3 is 10.6 Å². The molecule has 1 amide bonds. The Kier molecular flexibility index (Phi) is 5.60. The molecule has 0 aromatic heterocycles. The third-order valence-corrected chi connectivity index (χ3v) is 4.39. The number of nitrogens with two attached hydrogens (primary N) is 1. The van der Waals surface area contributed by atoms with Crippen LogP contribution in [-0.2, 0) is 4.79 Å². The third kappa shape index (κ3) is 4.16. The van der Waals surface area contributed by atoms with Gasteiger partial charge in [0.2, 0.25) is 5.91 Å². The van der Waals surface area contributed by atoms with Crippen LogP contribution in [0.5, 0.6) is 0 Å². The molecule has 0 spiro atoms. The first kappa shape index (κ1) is 14.8. The summed E-state index contributed by atoms with van der Waals surface area (Å²) in [6, 6.07) is 0.430. The molecule has 110 valence electrons. The lowest BCUT2D eigenvalue weighted by molar-refractivity contribution is -0.136. The largest absolute Gasteiger partial charge is 0.339 e. The first-order valence-electron chi connectivity index (χ1n) is 7.65. The third-order valence-electron chi connectivity index (χ3n) is 4.39. The van der Waals surface area contributed by atoms with Crippen LogP contribution in [-0.4, -0.2) is 79.0 Å². The fourth-order valence-electron chi connectivity index (χ4n) is 3.10. The number of amides is 1. The van der Waals surface area contributed by atoms with E-state index in [9.17, 15) is 4.79 Å². The highest BCUT2D eigenvalue weighted by Gasteiger charge is 2.25. The molecule has 2 N–H and O–H groups in total. The standard InChI is InChI=1S/C14H28N4O/c1-13-4-2-3-6-18(13)14(19)12-17-10-8-16(7-5-15)9-11-17/h13H,2-12,15H2,1H3. The predicted molar refractivity (Wildman–Crippen MR) is 77.0 cm³/mol. The molecule has 2 aliphatic heterocycles. The molecule has 0 aliphatic carbocycles. The summed E-state index contributed by atoms with van der Waals surface area (Å²) in [6.45, 7) is 9.50. The Morgan fingerprint density at radius 1 is 1.11 bits per heavy atom. The summed E-state index contributed by atoms with van der Waals surface area (Å²) in [5, 5.41) is 0. The van der Waals surface area contributed by atoms with Gasteiger partial charge in [-0.25, -0.2) is 0 Å². The Labute approximate surface area is 116 Å². The number of likely N-dealkylation sites (tertiary alicyclic amines) is 1. The van der Waals surface area contributed by atoms with E-state index in [0.29, 0.717) is 18.5 Å². The molecule has 0 aromatic rings. The Bertz CT molecular complexity index is 289. The summed E-state index contributed by atoms with van der Waals surface area (Å²) in [6.07, 6.45) is 3.60. The van der Waals surface area contributed by atoms with Crippen molar-refractivity contribution in [1.82, 2.24) is 14.7 Å². The van der Waals surface area contributed by atoms with E-state index in [1.807, 2.05) is 0 Å². The van der Waals surface area contributed by atoms with E-state index in [1.165, 1.54) is 12.8 Å². The molecule has 5 heteroatoms. The molecule has 0 saturated carbocycles. The van der Waals surface area contributed by atoms with Gasteiger partial charge in [0.25, 0.3) is 0 Å². The van der Waals surface area contributed by atoms with E-state index in [0.717, 1.165) is 52.2 Å². The van der Waals surface area contributed by atoms with Gasteiger partial charge in [0.05, 0.1) is 6.54 Å². The lowest BCUT2D eigenvalue weighted by Crippen LogP contribution is -2.52. The van der Waals surface area contributed by atoms with Gasteiger partial charge in [-0.15, -0.1) is 0 Å². The molecule has 0 radical (unpaired) electrons. The van der Waals surface area contributed by atoms with Gasteiger partial charge in [0, 0.05) is 51.9 Å². The van der Waals surface area contributed by atoms with Gasteiger partial charge in [-0.3, -0.25) is 14.6 Å². The van der Waals surface area contributed by atoms with Crippen molar-refractivity contribution < 1.29 is 4.79 Å². The number of hydrogen-bond donors (Lipinski definition) is 1. The first-order valence-corrected chi connectivity index (χ1v) is 7.65. The Morgan fingerprint density at radius 2 is 1.79 bits per heavy atom. The van der Waals surface area contributed by atoms with Crippen LogP contribution in [0.25, 0.3) is 0 Å². The smallest absolute Gasteiger partial charge is 0.236 e. The maximum Gasteiger partial charge on any atom is 0.236 e. The highest BCUT2D eigenvalue weighted by Crippen LogP contribution is 2.16. The molecule has 0 aromatic carbocycles. The van der Waals surface area contributed by atoms with Crippen molar-refractivity contribution in [3.05, 3.63) is 0 Å². The van der Waals surface area contributed by atoms with Gasteiger partial charge in [-0.05, 0) is 26.2 Å². The van der Waals surface area contributed by atoms with E-state index in [2.05, 4.69) is 21.6 Å². The zero-order valence-corrected chi connectivity index (χ0v) is 12.2. The van der Waals surface area contributed by atoms with Crippen LogP contribution in [0.4, 0.5) is 0 Å². The second-order valence-corrected chi connectivity index (χ2v) is 5.84. The molecular formula is C14H28N4O. The van der Waals surface area contributed by atoms with E-state index >= 15 is 0 Å². The molecule has 2 aliphatic rings. The van der Waals surface area contributed by atoms with Gasteiger partial charge in [-0.1, -0.05) is 0 Å². The minimum Gasteiger partial charge on any atom is -0.339 e. The lowest BCUT2D eigenvalue weighted by Gasteiger charge is -2.38. The zero-order chi connectivity index (χ0) is 13.7. The van der Waals surface area contributed by atoms with Crippen molar-refractivity contribution in [1.29, 1.82) is 0 Å². The lowest BCUT2D eigenvalue weighted by atomic mass is 10.0. The Morgan fingerprint density at radius 3 is 2.42 bits per heavy atom. The van der Waals surface area contributed by atoms with Crippen LogP contribution in [0.15, 0.2) is 0 Å². The van der Waals surface area contributed by atoms with Crippen molar-refractivity contribution in [2.75, 3.05) is 52.4 Å². The van der Waals surface area contributed by atoms with Crippen molar-refractivity contribution in [3.8, 4) is 0 Å². The maximum absolute atomic E-state index is 12.3. The van der Waals surface area contributed by atoms with Crippen LogP contribution >= 0.6 is 0 Å². The summed E-state index contributed by atoms with van der Waals surface area (Å²) in [7, 11) is 0. The summed E-state index contributed by atoms with van der Waals surface area (Å²) in [5.41, 5.74) is 5.57. The average Bonchev–Trinajstić information content (AvgIpc) is 2.42. The van der Waals surface area contributed by atoms with Gasteiger partial charge in [-0.2, -0.15) is 0 Å². The molecule has 5 nitrogen and oxygen atoms in total. The highest BCUT2D eigenvalue weighted by molar-refractivity contribution is 5.78. The van der Waals surface area contributed by atoms with Crippen LogP contribution in [0.3, 0.4) is 0 Å². The van der Waals surface area contributed by atoms with Crippen LogP contribution in [0.1, 0.15) is 26.2 Å². The van der Waals surface area contributed by atoms with Crippen molar-refractivity contribution >= 4 is 5.91 Å². The van der Waals surface area contributed by atoms with E-state index in [4.69, 9.17) is 5.73 Å². The monoisotopic (exact) mass is 268 g/mol. The fraction of sp³-hybridized carbons (Fsp3) is 0.929. The molecular weight excluding hydrogens is 240 g/mol. The summed E-state index contributed by atoms with van der Waals surface area (Å²) in [5.74, 6) is 0.319. The van der Waals surface area contributed by atoms with Crippen LogP contribution in [0.2, 0.25) is 0 Å². The average molecular weight is 268 g/mol. The van der Waals surface area contributed by atoms with Crippen molar-refractivity contribution in [2.24, 2.45) is 5.73 Å². The number of piperazine rings is 1. The predicted octanol–water partition coefficient (Wildman–Crippen LogP) is -0.0363. The van der Waals surface area contributed by atoms with Crippen LogP contribution in [0, 0.1) is 0 Å². The van der Waals surface area contributed by atoms with Gasteiger partial charge in [0.1, 0.15) is 0 Å². The van der Waals surface area contributed by atoms with E-state index in [1.54, 1.807) is 0 Å². The molecule has 0 bridgehead atoms. The number of carbonyl (C=O) groups excluding carboxylic acids is 1. The number of carbonyl (C=O) groups is 1. The second-order valence-electron chi connectivity index (χ2n) is 5.84. The molecule has 2 heterocycles. The van der Waals surface area contributed by atoms with E-state index < -0.39 is 0 Å². The molecule has 1 unspecified atom stereocenters. The Balaban J connectivity index is 1.74. The van der Waals surface area contributed by atoms with E-state index in [-0.39, 0.29) is 0 Å². The van der Waals surface area contributed by atoms with Crippen molar-refractivity contribution in [2.45, 2.75) is 32.2 Å². The van der Waals surface area contributed by atoms with Gasteiger partial charge in [0.15, 0.2) is 0 Å². The number of piperidine rings is 1. The molecule has 19 heavy (non-hydrogen) atoms. The van der Waals surface area contributed by atoms with Crippen molar-refractivity contribution in [3.63, 3.8) is 0 Å². The summed E-state index contributed by atoms with van der Waals surface area (Å²) >= 11 is 0. The summed E-state index contributed by atoms with van der Waals surface area (Å²) in [4.78, 5) is 19.1. The van der Waals surface area contributed by atoms with Gasteiger partial charge >= 0.3 is 0 Å².